The summed E-state index contributed by atoms with van der Waals surface area (Å²) in [6, 6.07) is 10.3. The van der Waals surface area contributed by atoms with Gasteiger partial charge in [0.2, 0.25) is 0 Å². The third-order valence-electron chi connectivity index (χ3n) is 6.52. The number of nitrogens with zero attached hydrogens (tertiary/aromatic N) is 2. The van der Waals surface area contributed by atoms with Crippen LogP contribution in [0.3, 0.4) is 0 Å². The van der Waals surface area contributed by atoms with Crippen molar-refractivity contribution < 1.29 is 41.7 Å². The lowest BCUT2D eigenvalue weighted by Crippen LogP contribution is -2.38. The second-order valence-corrected chi connectivity index (χ2v) is 8.96. The fourth-order valence-electron chi connectivity index (χ4n) is 4.81. The van der Waals surface area contributed by atoms with Crippen LogP contribution in [-0.4, -0.2) is 62.4 Å². The van der Waals surface area contributed by atoms with Crippen molar-refractivity contribution in [3.63, 3.8) is 0 Å². The number of benzene rings is 2. The minimum Gasteiger partial charge on any atom is -0.490 e. The minimum absolute atomic E-state index is 0.0268. The number of anilines is 2. The molecule has 0 bridgehead atoms. The predicted molar refractivity (Wildman–Crippen MR) is 124 cm³/mol. The van der Waals surface area contributed by atoms with E-state index in [1.165, 1.54) is 0 Å². The van der Waals surface area contributed by atoms with Gasteiger partial charge in [-0.3, -0.25) is 4.79 Å². The molecule has 0 aliphatic carbocycles. The number of carboxylic acid groups (broad SMARTS) is 1. The molecule has 2 saturated heterocycles. The highest BCUT2D eigenvalue weighted by molar-refractivity contribution is 5.69. The summed E-state index contributed by atoms with van der Waals surface area (Å²) in [7, 11) is 1.62. The lowest BCUT2D eigenvalue weighted by molar-refractivity contribution is -0.274. The highest BCUT2D eigenvalue weighted by Crippen LogP contribution is 2.33. The van der Waals surface area contributed by atoms with E-state index in [4.69, 9.17) is 9.47 Å². The van der Waals surface area contributed by atoms with Crippen molar-refractivity contribution >= 4 is 17.3 Å². The van der Waals surface area contributed by atoms with Gasteiger partial charge >= 0.3 is 12.3 Å². The number of rotatable bonds is 8. The number of aliphatic carboxylic acids is 1. The molecule has 0 amide bonds. The molecule has 7 nitrogen and oxygen atoms in total. The number of carbonyl (C=O) groups is 1. The van der Waals surface area contributed by atoms with Crippen molar-refractivity contribution in [2.75, 3.05) is 36.5 Å². The van der Waals surface area contributed by atoms with E-state index in [-0.39, 0.29) is 30.4 Å². The number of alkyl halides is 3. The Morgan fingerprint density at radius 2 is 1.72 bits per heavy atom. The maximum atomic E-state index is 14.3. The first-order chi connectivity index (χ1) is 17.1. The predicted octanol–water partition coefficient (Wildman–Crippen LogP) is 4.84. The van der Waals surface area contributed by atoms with Gasteiger partial charge in [-0.25, -0.2) is 4.39 Å². The monoisotopic (exact) mass is 512 g/mol. The van der Waals surface area contributed by atoms with E-state index in [2.05, 4.69) is 4.74 Å². The molecule has 0 unspecified atom stereocenters. The second-order valence-electron chi connectivity index (χ2n) is 8.96. The molecule has 2 aromatic carbocycles. The van der Waals surface area contributed by atoms with Gasteiger partial charge in [0, 0.05) is 57.4 Å². The Morgan fingerprint density at radius 1 is 1.06 bits per heavy atom. The molecule has 36 heavy (non-hydrogen) atoms. The number of methoxy groups -OCH3 is 1. The smallest absolute Gasteiger partial charge is 0.490 e. The molecule has 2 aliphatic heterocycles. The summed E-state index contributed by atoms with van der Waals surface area (Å²) < 4.78 is 67.2. The van der Waals surface area contributed by atoms with Crippen LogP contribution in [0.15, 0.2) is 42.5 Å². The lowest BCUT2D eigenvalue weighted by Gasteiger charge is -2.34. The first-order valence-corrected chi connectivity index (χ1v) is 11.7. The topological polar surface area (TPSA) is 71.5 Å². The van der Waals surface area contributed by atoms with Crippen LogP contribution < -0.4 is 19.3 Å². The summed E-state index contributed by atoms with van der Waals surface area (Å²) in [4.78, 5) is 15.0. The quantitative estimate of drug-likeness (QED) is 0.508. The van der Waals surface area contributed by atoms with Gasteiger partial charge in [0.15, 0.2) is 0 Å². The average Bonchev–Trinajstić information content (AvgIpc) is 3.23. The molecule has 196 valence electrons. The highest BCUT2D eigenvalue weighted by atomic mass is 19.4. The molecule has 4 rings (SSSR count). The van der Waals surface area contributed by atoms with Crippen molar-refractivity contribution in [1.82, 2.24) is 0 Å². The molecule has 2 aromatic rings. The number of halogens is 4. The van der Waals surface area contributed by atoms with E-state index in [0.717, 1.165) is 23.9 Å². The van der Waals surface area contributed by atoms with E-state index in [0.29, 0.717) is 44.6 Å². The van der Waals surface area contributed by atoms with Gasteiger partial charge in [0.1, 0.15) is 23.4 Å². The van der Waals surface area contributed by atoms with Gasteiger partial charge in [-0.1, -0.05) is 0 Å². The third kappa shape index (κ3) is 6.51. The molecule has 2 heterocycles. The highest BCUT2D eigenvalue weighted by Gasteiger charge is 2.34. The minimum atomic E-state index is -4.84. The summed E-state index contributed by atoms with van der Waals surface area (Å²) in [5.74, 6) is -1.27. The Morgan fingerprint density at radius 3 is 2.33 bits per heavy atom. The fraction of sp³-hybridized carbons (Fsp3) is 0.480. The van der Waals surface area contributed by atoms with Crippen molar-refractivity contribution in [1.29, 1.82) is 0 Å². The molecule has 0 spiro atoms. The largest absolute Gasteiger partial charge is 0.573 e. The molecule has 2 fully saturated rings. The Balaban J connectivity index is 1.34. The van der Waals surface area contributed by atoms with E-state index in [9.17, 15) is 27.5 Å². The van der Waals surface area contributed by atoms with Gasteiger partial charge < -0.3 is 29.1 Å². The maximum Gasteiger partial charge on any atom is 0.573 e. The van der Waals surface area contributed by atoms with Crippen LogP contribution in [0.25, 0.3) is 0 Å². The van der Waals surface area contributed by atoms with Gasteiger partial charge in [0.25, 0.3) is 0 Å². The average molecular weight is 513 g/mol. The number of hydrogen-bond acceptors (Lipinski definition) is 6. The van der Waals surface area contributed by atoms with Crippen molar-refractivity contribution in [2.45, 2.75) is 50.3 Å². The van der Waals surface area contributed by atoms with E-state index < -0.39 is 23.9 Å². The lowest BCUT2D eigenvalue weighted by atomic mass is 10.1. The number of carboxylic acids is 1. The standard InChI is InChI=1S/C25H28F4N2O5/c1-34-21-12-17(13-24(32)33)31(15-21)16-2-4-18(5-3-16)35-19-8-10-30(11-9-19)23-14-20(6-7-22(23)26)36-25(27,28)29/h2-7,14,17,19,21H,8-13,15H2,1H3,(H,32,33)/t17-,21-/m1/s1. The number of ether oxygens (including phenoxy) is 3. The van der Waals surface area contributed by atoms with Crippen LogP contribution in [0.1, 0.15) is 25.7 Å². The summed E-state index contributed by atoms with van der Waals surface area (Å²) in [5.41, 5.74) is 0.954. The Kier molecular flexibility index (Phi) is 7.77. The first kappa shape index (κ1) is 25.9. The molecule has 2 aliphatic rings. The molecule has 0 radical (unpaired) electrons. The normalized spacial score (nSPS) is 21.0. The Hall–Kier alpha value is -3.21. The van der Waals surface area contributed by atoms with Gasteiger partial charge in [-0.2, -0.15) is 0 Å². The summed E-state index contributed by atoms with van der Waals surface area (Å²) >= 11 is 0. The molecule has 1 N–H and O–H groups in total. The van der Waals surface area contributed by atoms with Crippen molar-refractivity contribution in [3.05, 3.63) is 48.3 Å². The van der Waals surface area contributed by atoms with E-state index in [1.807, 2.05) is 29.2 Å². The zero-order valence-corrected chi connectivity index (χ0v) is 19.7. The number of hydrogen-bond donors (Lipinski definition) is 1. The summed E-state index contributed by atoms with van der Waals surface area (Å²) in [6.45, 7) is 1.44. The molecule has 0 saturated carbocycles. The Labute approximate surface area is 206 Å². The molecule has 2 atom stereocenters. The van der Waals surface area contributed by atoms with Crippen molar-refractivity contribution in [2.24, 2.45) is 0 Å². The van der Waals surface area contributed by atoms with E-state index >= 15 is 0 Å². The molecule has 11 heteroatoms. The molecule has 0 aromatic heterocycles. The number of piperidine rings is 1. The van der Waals surface area contributed by atoms with Crippen LogP contribution >= 0.6 is 0 Å². The van der Waals surface area contributed by atoms with Crippen LogP contribution in [0.4, 0.5) is 28.9 Å². The second kappa shape index (κ2) is 10.8. The molecular weight excluding hydrogens is 484 g/mol. The van der Waals surface area contributed by atoms with Crippen LogP contribution in [0, 0.1) is 5.82 Å². The fourth-order valence-corrected chi connectivity index (χ4v) is 4.81. The van der Waals surface area contributed by atoms with Crippen LogP contribution in [0.2, 0.25) is 0 Å². The maximum absolute atomic E-state index is 14.3. The summed E-state index contributed by atoms with van der Waals surface area (Å²) in [5, 5.41) is 9.23. The van der Waals surface area contributed by atoms with Gasteiger partial charge in [-0.05, 0) is 42.8 Å². The Bertz CT molecular complexity index is 1040. The van der Waals surface area contributed by atoms with Gasteiger partial charge in [-0.15, -0.1) is 13.2 Å². The first-order valence-electron chi connectivity index (χ1n) is 11.7. The summed E-state index contributed by atoms with van der Waals surface area (Å²) in [6.07, 6.45) is -3.20. The third-order valence-corrected chi connectivity index (χ3v) is 6.52. The zero-order valence-electron chi connectivity index (χ0n) is 19.7. The van der Waals surface area contributed by atoms with Crippen molar-refractivity contribution in [3.8, 4) is 11.5 Å². The zero-order chi connectivity index (χ0) is 25.9. The van der Waals surface area contributed by atoms with Crippen LogP contribution in [0.5, 0.6) is 11.5 Å². The SMILES string of the molecule is CO[C@@H]1C[C@H](CC(=O)O)N(c2ccc(OC3CCN(c4cc(OC(F)(F)F)ccc4F)CC3)cc2)C1. The van der Waals surface area contributed by atoms with E-state index in [1.54, 1.807) is 12.0 Å². The molecular formula is C25H28F4N2O5. The van der Waals surface area contributed by atoms with Gasteiger partial charge in [0.05, 0.1) is 18.2 Å². The van der Waals surface area contributed by atoms with Crippen LogP contribution in [-0.2, 0) is 9.53 Å².